The van der Waals surface area contributed by atoms with Crippen molar-refractivity contribution in [1.82, 2.24) is 14.3 Å². The molecule has 0 aliphatic rings. The van der Waals surface area contributed by atoms with Crippen LogP contribution in [0.3, 0.4) is 0 Å². The van der Waals surface area contributed by atoms with Crippen LogP contribution in [0, 0.1) is 0 Å². The number of carbonyl (C=O) groups is 1. The summed E-state index contributed by atoms with van der Waals surface area (Å²) in [6, 6.07) is 7.71. The maximum Gasteiger partial charge on any atom is 0.300 e. The first-order valence-corrected chi connectivity index (χ1v) is 9.13. The zero-order chi connectivity index (χ0) is 17.1. The molecule has 0 aliphatic heterocycles. The Kier molecular flexibility index (Phi) is 5.27. The van der Waals surface area contributed by atoms with Gasteiger partial charge in [0.2, 0.25) is 0 Å². The molecule has 0 bridgehead atoms. The quantitative estimate of drug-likeness (QED) is 0.651. The van der Waals surface area contributed by atoms with E-state index < -0.39 is 0 Å². The molecular formula is C16H17BrN4O2S. The fourth-order valence-corrected chi connectivity index (χ4v) is 3.93. The number of fused-ring (bicyclic) bond motifs is 1. The van der Waals surface area contributed by atoms with Gasteiger partial charge in [-0.15, -0.1) is 0 Å². The van der Waals surface area contributed by atoms with E-state index in [0.29, 0.717) is 23.6 Å². The topological polar surface area (TPSA) is 61.4 Å². The zero-order valence-electron chi connectivity index (χ0n) is 13.4. The van der Waals surface area contributed by atoms with Crippen molar-refractivity contribution in [3.05, 3.63) is 45.4 Å². The molecule has 0 unspecified atom stereocenters. The first kappa shape index (κ1) is 17.1. The van der Waals surface area contributed by atoms with E-state index in [2.05, 4.69) is 26.0 Å². The number of nitrogens with zero attached hydrogens (tertiary/aromatic N) is 4. The van der Waals surface area contributed by atoms with E-state index in [1.54, 1.807) is 24.1 Å². The molecule has 8 heteroatoms. The Morgan fingerprint density at radius 2 is 2.25 bits per heavy atom. The highest BCUT2D eigenvalue weighted by Gasteiger charge is 2.11. The highest BCUT2D eigenvalue weighted by Crippen LogP contribution is 2.22. The summed E-state index contributed by atoms with van der Waals surface area (Å²) in [6.45, 7) is 3.88. The van der Waals surface area contributed by atoms with E-state index in [1.807, 2.05) is 29.7 Å². The van der Waals surface area contributed by atoms with Gasteiger partial charge in [-0.2, -0.15) is 10.1 Å². The Labute approximate surface area is 151 Å². The van der Waals surface area contributed by atoms with Crippen molar-refractivity contribution in [1.29, 1.82) is 0 Å². The summed E-state index contributed by atoms with van der Waals surface area (Å²) in [6.07, 6.45) is 1.78. The van der Waals surface area contributed by atoms with Crippen molar-refractivity contribution in [2.24, 2.45) is 4.99 Å². The molecule has 1 aromatic carbocycles. The minimum Gasteiger partial charge on any atom is -0.383 e. The van der Waals surface area contributed by atoms with Gasteiger partial charge in [0.1, 0.15) is 0 Å². The van der Waals surface area contributed by atoms with Crippen molar-refractivity contribution in [2.75, 3.05) is 13.7 Å². The van der Waals surface area contributed by atoms with E-state index in [1.165, 1.54) is 11.3 Å². The van der Waals surface area contributed by atoms with Crippen molar-refractivity contribution in [3.8, 4) is 0 Å². The smallest absolute Gasteiger partial charge is 0.300 e. The molecule has 0 saturated carbocycles. The number of benzene rings is 1. The molecule has 2 aromatic heterocycles. The van der Waals surface area contributed by atoms with Gasteiger partial charge in [-0.05, 0) is 31.2 Å². The number of aromatic nitrogens is 3. The lowest BCUT2D eigenvalue weighted by molar-refractivity contribution is 0.0992. The minimum absolute atomic E-state index is 0.334. The van der Waals surface area contributed by atoms with Crippen LogP contribution in [0.5, 0.6) is 0 Å². The van der Waals surface area contributed by atoms with Gasteiger partial charge < -0.3 is 9.30 Å². The number of hydrogen-bond donors (Lipinski definition) is 0. The zero-order valence-corrected chi connectivity index (χ0v) is 15.8. The van der Waals surface area contributed by atoms with Crippen LogP contribution in [0.4, 0.5) is 0 Å². The average molecular weight is 409 g/mol. The van der Waals surface area contributed by atoms with Crippen LogP contribution in [0.1, 0.15) is 17.4 Å². The maximum absolute atomic E-state index is 12.4. The second-order valence-corrected chi connectivity index (χ2v) is 7.04. The molecule has 0 N–H and O–H groups in total. The third-order valence-corrected chi connectivity index (χ3v) is 5.08. The van der Waals surface area contributed by atoms with E-state index in [9.17, 15) is 4.79 Å². The summed E-state index contributed by atoms with van der Waals surface area (Å²) in [4.78, 5) is 17.4. The molecule has 0 saturated heterocycles. The molecule has 0 aliphatic carbocycles. The van der Waals surface area contributed by atoms with Crippen LogP contribution in [-0.2, 0) is 17.8 Å². The lowest BCUT2D eigenvalue weighted by Gasteiger charge is -2.04. The Morgan fingerprint density at radius 3 is 2.96 bits per heavy atom. The second-order valence-electron chi connectivity index (χ2n) is 5.11. The predicted molar refractivity (Wildman–Crippen MR) is 97.2 cm³/mol. The lowest BCUT2D eigenvalue weighted by Crippen LogP contribution is -2.19. The monoisotopic (exact) mass is 408 g/mol. The first-order valence-electron chi connectivity index (χ1n) is 7.52. The van der Waals surface area contributed by atoms with Crippen LogP contribution < -0.4 is 4.80 Å². The maximum atomic E-state index is 12.4. The van der Waals surface area contributed by atoms with Crippen LogP contribution in [0.15, 0.2) is 39.9 Å². The summed E-state index contributed by atoms with van der Waals surface area (Å²) < 4.78 is 11.0. The molecule has 2 heterocycles. The molecule has 24 heavy (non-hydrogen) atoms. The number of carbonyl (C=O) groups excluding carboxylic acids is 1. The summed E-state index contributed by atoms with van der Waals surface area (Å²) in [5.74, 6) is -0.334. The van der Waals surface area contributed by atoms with Gasteiger partial charge in [0.15, 0.2) is 10.5 Å². The van der Waals surface area contributed by atoms with E-state index in [0.717, 1.165) is 21.2 Å². The summed E-state index contributed by atoms with van der Waals surface area (Å²) >= 11 is 4.96. The average Bonchev–Trinajstić information content (AvgIpc) is 3.17. The van der Waals surface area contributed by atoms with Gasteiger partial charge in [-0.1, -0.05) is 27.3 Å². The molecule has 0 atom stereocenters. The standard InChI is InChI=1S/C16H17BrN4O2S/c1-3-20-7-6-12(19-20)15(22)18-16-21(8-9-23-2)13-5-4-11(17)10-14(13)24-16/h4-7,10H,3,8-9H2,1-2H3. The first-order chi connectivity index (χ1) is 11.6. The van der Waals surface area contributed by atoms with E-state index in [4.69, 9.17) is 4.74 Å². The van der Waals surface area contributed by atoms with Gasteiger partial charge in [-0.25, -0.2) is 0 Å². The third-order valence-electron chi connectivity index (χ3n) is 3.54. The van der Waals surface area contributed by atoms with Crippen LogP contribution in [-0.4, -0.2) is 34.0 Å². The Bertz CT molecular complexity index is 941. The molecule has 0 fully saturated rings. The molecule has 126 valence electrons. The molecule has 1 amide bonds. The molecule has 6 nitrogen and oxygen atoms in total. The molecular weight excluding hydrogens is 392 g/mol. The number of halogens is 1. The summed E-state index contributed by atoms with van der Waals surface area (Å²) in [7, 11) is 1.66. The minimum atomic E-state index is -0.334. The Hall–Kier alpha value is -1.77. The van der Waals surface area contributed by atoms with Crippen molar-refractivity contribution < 1.29 is 9.53 Å². The Morgan fingerprint density at radius 1 is 1.42 bits per heavy atom. The van der Waals surface area contributed by atoms with Crippen molar-refractivity contribution in [2.45, 2.75) is 20.0 Å². The molecule has 3 rings (SSSR count). The van der Waals surface area contributed by atoms with E-state index in [-0.39, 0.29) is 5.91 Å². The Balaban J connectivity index is 2.07. The highest BCUT2D eigenvalue weighted by molar-refractivity contribution is 9.10. The molecule has 3 aromatic rings. The highest BCUT2D eigenvalue weighted by atomic mass is 79.9. The number of methoxy groups -OCH3 is 1. The van der Waals surface area contributed by atoms with E-state index >= 15 is 0 Å². The number of rotatable bonds is 5. The predicted octanol–water partition coefficient (Wildman–Crippen LogP) is 3.07. The lowest BCUT2D eigenvalue weighted by atomic mass is 10.3. The number of amides is 1. The van der Waals surface area contributed by atoms with Crippen LogP contribution in [0.2, 0.25) is 0 Å². The van der Waals surface area contributed by atoms with Gasteiger partial charge in [-0.3, -0.25) is 9.48 Å². The number of thiazole rings is 1. The van der Waals surface area contributed by atoms with Gasteiger partial charge in [0.05, 0.1) is 16.8 Å². The third kappa shape index (κ3) is 3.50. The number of hydrogen-bond acceptors (Lipinski definition) is 4. The van der Waals surface area contributed by atoms with Crippen molar-refractivity contribution >= 4 is 43.4 Å². The van der Waals surface area contributed by atoms with Gasteiger partial charge >= 0.3 is 0 Å². The van der Waals surface area contributed by atoms with Crippen LogP contribution in [0.25, 0.3) is 10.2 Å². The van der Waals surface area contributed by atoms with Gasteiger partial charge in [0.25, 0.3) is 5.91 Å². The molecule has 0 radical (unpaired) electrons. The molecule has 0 spiro atoms. The fraction of sp³-hybridized carbons (Fsp3) is 0.312. The largest absolute Gasteiger partial charge is 0.383 e. The fourth-order valence-electron chi connectivity index (χ4n) is 2.33. The second kappa shape index (κ2) is 7.42. The number of aryl methyl sites for hydroxylation is 1. The van der Waals surface area contributed by atoms with Crippen LogP contribution >= 0.6 is 27.3 Å². The van der Waals surface area contributed by atoms with Crippen molar-refractivity contribution in [3.63, 3.8) is 0 Å². The van der Waals surface area contributed by atoms with Gasteiger partial charge in [0, 0.05) is 30.9 Å². The SMILES string of the molecule is CCn1ccc(C(=O)N=c2sc3cc(Br)ccc3n2CCOC)n1. The number of ether oxygens (including phenoxy) is 1. The summed E-state index contributed by atoms with van der Waals surface area (Å²) in [5, 5.41) is 4.22. The summed E-state index contributed by atoms with van der Waals surface area (Å²) in [5.41, 5.74) is 1.39. The normalized spacial score (nSPS) is 12.2.